The highest BCUT2D eigenvalue weighted by atomic mass is 16.5. The molecule has 4 N–H and O–H groups in total. The van der Waals surface area contributed by atoms with E-state index in [0.29, 0.717) is 23.3 Å². The van der Waals surface area contributed by atoms with Gasteiger partial charge in [0.15, 0.2) is 11.3 Å². The van der Waals surface area contributed by atoms with Crippen LogP contribution in [0.1, 0.15) is 45.2 Å². The van der Waals surface area contributed by atoms with Crippen LogP contribution in [0.25, 0.3) is 28.2 Å². The van der Waals surface area contributed by atoms with Crippen LogP contribution in [-0.4, -0.2) is 31.6 Å². The molecule has 1 aliphatic heterocycles. The van der Waals surface area contributed by atoms with Gasteiger partial charge in [0.05, 0.1) is 11.2 Å². The maximum atomic E-state index is 13.3. The van der Waals surface area contributed by atoms with Crippen molar-refractivity contribution in [2.45, 2.75) is 51.7 Å². The summed E-state index contributed by atoms with van der Waals surface area (Å²) in [7, 11) is 0. The lowest BCUT2D eigenvalue weighted by molar-refractivity contribution is 0.0712. The molecule has 0 bridgehead atoms. The van der Waals surface area contributed by atoms with E-state index in [2.05, 4.69) is 0 Å². The predicted molar refractivity (Wildman–Crippen MR) is 121 cm³/mol. The maximum absolute atomic E-state index is 13.3. The summed E-state index contributed by atoms with van der Waals surface area (Å²) >= 11 is 0. The number of hydrogen-bond acceptors (Lipinski definition) is 7. The molecule has 0 aliphatic carbocycles. The molecule has 4 rings (SSSR count). The van der Waals surface area contributed by atoms with E-state index >= 15 is 0 Å². The van der Waals surface area contributed by atoms with Crippen LogP contribution in [0.3, 0.4) is 0 Å². The van der Waals surface area contributed by atoms with Crippen LogP contribution in [-0.2, 0) is 6.42 Å². The van der Waals surface area contributed by atoms with Crippen LogP contribution >= 0.6 is 0 Å². The fourth-order valence-electron chi connectivity index (χ4n) is 3.78. The second kappa shape index (κ2) is 7.31. The predicted octanol–water partition coefficient (Wildman–Crippen LogP) is 4.46. The minimum atomic E-state index is -0.984. The molecule has 0 saturated heterocycles. The Bertz CT molecular complexity index is 1310. The molecule has 7 nitrogen and oxygen atoms in total. The summed E-state index contributed by atoms with van der Waals surface area (Å²) in [6.45, 7) is 7.05. The van der Waals surface area contributed by atoms with Crippen molar-refractivity contribution in [1.29, 1.82) is 0 Å². The van der Waals surface area contributed by atoms with Crippen LogP contribution in [0.4, 0.5) is 0 Å². The van der Waals surface area contributed by atoms with Gasteiger partial charge in [0, 0.05) is 17.2 Å². The molecule has 0 amide bonds. The SMILES string of the molecule is CC(C)(O)CCc1cc(O)c2occ(-c3cc4c(cc3O)OC(C)(C)C=C4)c(=O)c2c1O. The summed E-state index contributed by atoms with van der Waals surface area (Å²) in [6, 6.07) is 4.38. The summed E-state index contributed by atoms with van der Waals surface area (Å²) in [4.78, 5) is 13.3. The fraction of sp³-hybridized carbons (Fsp3) is 0.320. The molecule has 3 aromatic rings. The van der Waals surface area contributed by atoms with Crippen molar-refractivity contribution >= 4 is 17.0 Å². The maximum Gasteiger partial charge on any atom is 0.204 e. The van der Waals surface area contributed by atoms with Gasteiger partial charge in [-0.2, -0.15) is 0 Å². The first-order chi connectivity index (χ1) is 14.9. The van der Waals surface area contributed by atoms with Gasteiger partial charge in [0.2, 0.25) is 5.43 Å². The van der Waals surface area contributed by atoms with Gasteiger partial charge in [0.1, 0.15) is 34.5 Å². The van der Waals surface area contributed by atoms with Crippen molar-refractivity contribution in [3.05, 3.63) is 51.9 Å². The van der Waals surface area contributed by atoms with Gasteiger partial charge in [-0.05, 0) is 64.3 Å². The summed E-state index contributed by atoms with van der Waals surface area (Å²) in [5.41, 5.74) is -1.00. The highest BCUT2D eigenvalue weighted by Gasteiger charge is 2.25. The van der Waals surface area contributed by atoms with Crippen LogP contribution < -0.4 is 10.2 Å². The van der Waals surface area contributed by atoms with Crippen molar-refractivity contribution in [3.63, 3.8) is 0 Å². The van der Waals surface area contributed by atoms with Crippen LogP contribution in [0.2, 0.25) is 0 Å². The first-order valence-corrected chi connectivity index (χ1v) is 10.3. The van der Waals surface area contributed by atoms with Gasteiger partial charge in [-0.15, -0.1) is 0 Å². The molecule has 1 aliphatic rings. The van der Waals surface area contributed by atoms with Crippen LogP contribution in [0, 0.1) is 0 Å². The van der Waals surface area contributed by atoms with Crippen LogP contribution in [0.15, 0.2) is 39.7 Å². The van der Waals surface area contributed by atoms with Crippen LogP contribution in [0.5, 0.6) is 23.0 Å². The van der Waals surface area contributed by atoms with Crippen molar-refractivity contribution in [1.82, 2.24) is 0 Å². The Morgan fingerprint density at radius 2 is 1.75 bits per heavy atom. The number of aliphatic hydroxyl groups is 1. The monoisotopic (exact) mass is 438 g/mol. The Morgan fingerprint density at radius 1 is 1.03 bits per heavy atom. The van der Waals surface area contributed by atoms with Gasteiger partial charge < -0.3 is 29.6 Å². The first kappa shape index (κ1) is 21.8. The van der Waals surface area contributed by atoms with E-state index in [1.807, 2.05) is 26.0 Å². The Balaban J connectivity index is 1.88. The van der Waals surface area contributed by atoms with Crippen molar-refractivity contribution < 1.29 is 29.6 Å². The highest BCUT2D eigenvalue weighted by molar-refractivity contribution is 5.92. The van der Waals surface area contributed by atoms with Gasteiger partial charge in [-0.25, -0.2) is 0 Å². The number of phenols is 3. The van der Waals surface area contributed by atoms with Gasteiger partial charge >= 0.3 is 0 Å². The molecule has 0 fully saturated rings. The quantitative estimate of drug-likeness (QED) is 0.444. The number of phenolic OH excluding ortho intramolecular Hbond substituents is 3. The second-order valence-corrected chi connectivity index (χ2v) is 9.34. The van der Waals surface area contributed by atoms with E-state index in [1.54, 1.807) is 19.9 Å². The van der Waals surface area contributed by atoms with E-state index in [9.17, 15) is 25.2 Å². The zero-order chi connectivity index (χ0) is 23.4. The third kappa shape index (κ3) is 3.91. The molecule has 32 heavy (non-hydrogen) atoms. The zero-order valence-electron chi connectivity index (χ0n) is 18.4. The van der Waals surface area contributed by atoms with Crippen molar-refractivity contribution in [2.24, 2.45) is 0 Å². The number of aromatic hydroxyl groups is 3. The van der Waals surface area contributed by atoms with Gasteiger partial charge in [-0.1, -0.05) is 6.08 Å². The molecule has 0 unspecified atom stereocenters. The van der Waals surface area contributed by atoms with E-state index in [0.717, 1.165) is 6.26 Å². The average molecular weight is 438 g/mol. The second-order valence-electron chi connectivity index (χ2n) is 9.34. The average Bonchev–Trinajstić information content (AvgIpc) is 2.68. The lowest BCUT2D eigenvalue weighted by atomic mass is 9.95. The number of rotatable bonds is 4. The lowest BCUT2D eigenvalue weighted by Crippen LogP contribution is -2.27. The van der Waals surface area contributed by atoms with E-state index in [1.165, 1.54) is 12.1 Å². The van der Waals surface area contributed by atoms with Crippen molar-refractivity contribution in [2.75, 3.05) is 0 Å². The molecule has 0 atom stereocenters. The minimum Gasteiger partial charge on any atom is -0.507 e. The number of fused-ring (bicyclic) bond motifs is 2. The third-order valence-electron chi connectivity index (χ3n) is 5.54. The molecule has 0 spiro atoms. The Labute approximate surface area is 184 Å². The summed E-state index contributed by atoms with van der Waals surface area (Å²) < 4.78 is 11.4. The lowest BCUT2D eigenvalue weighted by Gasteiger charge is -2.28. The molecular formula is C25H26O7. The molecule has 1 aromatic heterocycles. The molecule has 2 heterocycles. The highest BCUT2D eigenvalue weighted by Crippen LogP contribution is 2.41. The smallest absolute Gasteiger partial charge is 0.204 e. The van der Waals surface area contributed by atoms with E-state index in [-0.39, 0.29) is 45.8 Å². The summed E-state index contributed by atoms with van der Waals surface area (Å²) in [5, 5.41) is 41.6. The number of aryl methyl sites for hydroxylation is 1. The normalized spacial score (nSPS) is 14.9. The molecule has 7 heteroatoms. The Morgan fingerprint density at radius 3 is 2.44 bits per heavy atom. The Hall–Kier alpha value is -3.45. The summed E-state index contributed by atoms with van der Waals surface area (Å²) in [5.74, 6) is -0.303. The molecule has 0 radical (unpaired) electrons. The standard InChI is InChI=1S/C25H26O7/c1-24(2,30)7-5-14-10-18(27)23-20(21(14)28)22(29)16(12-31-23)15-9-13-6-8-25(3,4)32-19(13)11-17(15)26/h6,8-12,26-28,30H,5,7H2,1-4H3. The van der Waals surface area contributed by atoms with Gasteiger partial charge in [-0.3, -0.25) is 4.79 Å². The fourth-order valence-corrected chi connectivity index (χ4v) is 3.78. The molecular weight excluding hydrogens is 412 g/mol. The third-order valence-corrected chi connectivity index (χ3v) is 5.54. The summed E-state index contributed by atoms with van der Waals surface area (Å²) in [6.07, 6.45) is 5.43. The molecule has 168 valence electrons. The van der Waals surface area contributed by atoms with Gasteiger partial charge in [0.25, 0.3) is 0 Å². The molecule has 2 aromatic carbocycles. The molecule has 0 saturated carbocycles. The minimum absolute atomic E-state index is 0.0328. The Kier molecular flexibility index (Phi) is 4.97. The van der Waals surface area contributed by atoms with Crippen molar-refractivity contribution in [3.8, 4) is 34.1 Å². The number of benzene rings is 2. The van der Waals surface area contributed by atoms with E-state index in [4.69, 9.17) is 9.15 Å². The van der Waals surface area contributed by atoms with E-state index < -0.39 is 16.6 Å². The number of ether oxygens (including phenoxy) is 1. The first-order valence-electron chi connectivity index (χ1n) is 10.3. The topological polar surface area (TPSA) is 120 Å². The zero-order valence-corrected chi connectivity index (χ0v) is 18.4. The number of hydrogen-bond donors (Lipinski definition) is 4. The largest absolute Gasteiger partial charge is 0.507 e.